The molecule has 0 radical (unpaired) electrons. The first-order chi connectivity index (χ1) is 30.5. The molecule has 360 valence electrons. The van der Waals surface area contributed by atoms with Gasteiger partial charge >= 0.3 is 17.9 Å². The molecule has 62 heavy (non-hydrogen) atoms. The van der Waals surface area contributed by atoms with Gasteiger partial charge in [0.15, 0.2) is 6.10 Å². The molecule has 0 rings (SSSR count). The van der Waals surface area contributed by atoms with Gasteiger partial charge in [-0.25, -0.2) is 0 Å². The fourth-order valence-corrected chi connectivity index (χ4v) is 7.63. The van der Waals surface area contributed by atoms with Gasteiger partial charge < -0.3 is 14.2 Å². The van der Waals surface area contributed by atoms with E-state index in [-0.39, 0.29) is 31.1 Å². The summed E-state index contributed by atoms with van der Waals surface area (Å²) in [5, 5.41) is 0. The van der Waals surface area contributed by atoms with E-state index < -0.39 is 6.10 Å². The van der Waals surface area contributed by atoms with Crippen LogP contribution in [0.25, 0.3) is 0 Å². The van der Waals surface area contributed by atoms with E-state index in [1.807, 2.05) is 0 Å². The molecule has 0 aliphatic carbocycles. The second kappa shape index (κ2) is 51.0. The molecule has 0 bridgehead atoms. The van der Waals surface area contributed by atoms with Crippen LogP contribution in [0.2, 0.25) is 0 Å². The number of carbonyl (C=O) groups is 3. The Morgan fingerprint density at radius 3 is 0.935 bits per heavy atom. The zero-order valence-electron chi connectivity index (χ0n) is 41.1. The molecule has 0 amide bonds. The summed E-state index contributed by atoms with van der Waals surface area (Å²) < 4.78 is 16.8. The Morgan fingerprint density at radius 2 is 0.581 bits per heavy atom. The Bertz CT molecular complexity index is 1090. The van der Waals surface area contributed by atoms with Crippen molar-refractivity contribution in [1.29, 1.82) is 0 Å². The fraction of sp³-hybridized carbons (Fsp3) is 0.804. The molecule has 6 nitrogen and oxygen atoms in total. The van der Waals surface area contributed by atoms with Crippen molar-refractivity contribution in [3.8, 4) is 0 Å². The predicted molar refractivity (Wildman–Crippen MR) is 265 cm³/mol. The number of rotatable bonds is 48. The number of carbonyl (C=O) groups excluding carboxylic acids is 3. The summed E-state index contributed by atoms with van der Waals surface area (Å²) in [6.45, 7) is 6.60. The normalized spacial score (nSPS) is 12.4. The molecule has 0 aromatic rings. The summed E-state index contributed by atoms with van der Waals surface area (Å²) in [7, 11) is 0. The monoisotopic (exact) mass is 869 g/mol. The molecule has 0 aromatic heterocycles. The Labute approximate surface area is 384 Å². The van der Waals surface area contributed by atoms with Crippen LogP contribution >= 0.6 is 0 Å². The third-order valence-corrected chi connectivity index (χ3v) is 11.7. The van der Waals surface area contributed by atoms with Crippen LogP contribution in [0.4, 0.5) is 0 Å². The summed E-state index contributed by atoms with van der Waals surface area (Å²) in [5.74, 6) is -0.890. The number of unbranched alkanes of at least 4 members (excludes halogenated alkanes) is 32. The highest BCUT2D eigenvalue weighted by Crippen LogP contribution is 2.16. The van der Waals surface area contributed by atoms with Gasteiger partial charge in [-0.3, -0.25) is 14.4 Å². The van der Waals surface area contributed by atoms with E-state index in [0.29, 0.717) is 19.3 Å². The van der Waals surface area contributed by atoms with Gasteiger partial charge in [-0.15, -0.1) is 0 Å². The topological polar surface area (TPSA) is 78.9 Å². The molecule has 6 heteroatoms. The first-order valence-corrected chi connectivity index (χ1v) is 26.7. The van der Waals surface area contributed by atoms with Crippen molar-refractivity contribution >= 4 is 17.9 Å². The molecule has 0 spiro atoms. The molecule has 0 fully saturated rings. The lowest BCUT2D eigenvalue weighted by Gasteiger charge is -2.18. The molecule has 0 saturated carbocycles. The van der Waals surface area contributed by atoms with Crippen molar-refractivity contribution in [3.63, 3.8) is 0 Å². The van der Waals surface area contributed by atoms with Crippen LogP contribution in [-0.2, 0) is 28.6 Å². The van der Waals surface area contributed by atoms with E-state index >= 15 is 0 Å². The van der Waals surface area contributed by atoms with E-state index in [9.17, 15) is 14.4 Å². The van der Waals surface area contributed by atoms with Crippen molar-refractivity contribution in [2.45, 2.75) is 277 Å². The van der Waals surface area contributed by atoms with Gasteiger partial charge in [-0.1, -0.05) is 256 Å². The number of esters is 3. The second-order valence-corrected chi connectivity index (χ2v) is 17.9. The van der Waals surface area contributed by atoms with Crippen molar-refractivity contribution < 1.29 is 28.6 Å². The van der Waals surface area contributed by atoms with Gasteiger partial charge in [-0.05, 0) is 44.9 Å². The van der Waals surface area contributed by atoms with Crippen LogP contribution in [0.1, 0.15) is 271 Å². The third-order valence-electron chi connectivity index (χ3n) is 11.7. The van der Waals surface area contributed by atoms with Crippen molar-refractivity contribution in [3.05, 3.63) is 48.6 Å². The minimum Gasteiger partial charge on any atom is -0.462 e. The molecule has 0 aliphatic rings. The van der Waals surface area contributed by atoms with Gasteiger partial charge in [0.25, 0.3) is 0 Å². The summed E-state index contributed by atoms with van der Waals surface area (Å²) in [5.41, 5.74) is 0. The third kappa shape index (κ3) is 48.4. The molecule has 1 unspecified atom stereocenters. The lowest BCUT2D eigenvalue weighted by atomic mass is 10.0. The van der Waals surface area contributed by atoms with E-state index in [2.05, 4.69) is 69.4 Å². The van der Waals surface area contributed by atoms with E-state index in [0.717, 1.165) is 83.5 Å². The fourth-order valence-electron chi connectivity index (χ4n) is 7.63. The first-order valence-electron chi connectivity index (χ1n) is 26.7. The number of allylic oxidation sites excluding steroid dienone is 8. The van der Waals surface area contributed by atoms with Crippen LogP contribution in [0.15, 0.2) is 48.6 Å². The number of hydrogen-bond acceptors (Lipinski definition) is 6. The van der Waals surface area contributed by atoms with Gasteiger partial charge in [0.2, 0.25) is 0 Å². The van der Waals surface area contributed by atoms with E-state index in [4.69, 9.17) is 14.2 Å². The van der Waals surface area contributed by atoms with Crippen LogP contribution in [0.5, 0.6) is 0 Å². The maximum Gasteiger partial charge on any atom is 0.306 e. The minimum atomic E-state index is -0.778. The zero-order valence-corrected chi connectivity index (χ0v) is 41.1. The predicted octanol–water partition coefficient (Wildman–Crippen LogP) is 17.5. The number of hydrogen-bond donors (Lipinski definition) is 0. The van der Waals surface area contributed by atoms with Gasteiger partial charge in [0.1, 0.15) is 13.2 Å². The quantitative estimate of drug-likeness (QED) is 0.0262. The highest BCUT2D eigenvalue weighted by atomic mass is 16.6. The zero-order chi connectivity index (χ0) is 45.1. The Kier molecular flexibility index (Phi) is 48.8. The average Bonchev–Trinajstić information content (AvgIpc) is 3.27. The Morgan fingerprint density at radius 1 is 0.323 bits per heavy atom. The largest absolute Gasteiger partial charge is 0.462 e. The van der Waals surface area contributed by atoms with Crippen molar-refractivity contribution in [2.24, 2.45) is 0 Å². The van der Waals surface area contributed by atoms with Gasteiger partial charge in [0.05, 0.1) is 0 Å². The average molecular weight is 869 g/mol. The lowest BCUT2D eigenvalue weighted by Crippen LogP contribution is -2.30. The summed E-state index contributed by atoms with van der Waals surface area (Å²) in [6.07, 6.45) is 60.9. The minimum absolute atomic E-state index is 0.0772. The molecule has 0 aliphatic heterocycles. The van der Waals surface area contributed by atoms with Crippen LogP contribution in [0.3, 0.4) is 0 Å². The van der Waals surface area contributed by atoms with E-state index in [1.54, 1.807) is 0 Å². The van der Waals surface area contributed by atoms with E-state index in [1.165, 1.54) is 148 Å². The standard InChI is InChI=1S/C56H100O6/c1-4-7-10-13-16-19-22-24-26-27-28-30-31-34-37-40-43-46-49-55(58)61-52-53(51-60-54(57)48-45-42-39-36-33-21-18-15-12-9-6-3)62-56(59)50-47-44-41-38-35-32-29-25-23-20-17-14-11-8-5-2/h16,19,22,24,26-28,30,53H,4-15,17-18,20-21,23,25,29,31-52H2,1-3H3/b19-16-,24-22-,27-26-,30-28-. The highest BCUT2D eigenvalue weighted by Gasteiger charge is 2.19. The van der Waals surface area contributed by atoms with Crippen molar-refractivity contribution in [2.75, 3.05) is 13.2 Å². The molecule has 0 aromatic carbocycles. The molecule has 0 saturated heterocycles. The van der Waals surface area contributed by atoms with Crippen LogP contribution < -0.4 is 0 Å². The van der Waals surface area contributed by atoms with Crippen LogP contribution in [-0.4, -0.2) is 37.2 Å². The SMILES string of the molecule is CCCCC\C=C/C=C\C=C/C=C\CCCCCCCC(=O)OCC(COC(=O)CCCCCCCCCCCCC)OC(=O)CCCCCCCCCCCCCCCCC. The summed E-state index contributed by atoms with van der Waals surface area (Å²) in [4.78, 5) is 38.0. The lowest BCUT2D eigenvalue weighted by molar-refractivity contribution is -0.167. The van der Waals surface area contributed by atoms with Crippen molar-refractivity contribution in [1.82, 2.24) is 0 Å². The van der Waals surface area contributed by atoms with Crippen LogP contribution in [0, 0.1) is 0 Å². The maximum absolute atomic E-state index is 12.8. The molecule has 0 heterocycles. The van der Waals surface area contributed by atoms with Gasteiger partial charge in [-0.2, -0.15) is 0 Å². The molecular formula is C56H100O6. The maximum atomic E-state index is 12.8. The Balaban J connectivity index is 4.38. The number of ether oxygens (including phenoxy) is 3. The Hall–Kier alpha value is -2.63. The molecular weight excluding hydrogens is 769 g/mol. The molecule has 0 N–H and O–H groups in total. The first kappa shape index (κ1) is 59.4. The molecule has 1 atom stereocenters. The highest BCUT2D eigenvalue weighted by molar-refractivity contribution is 5.71. The second-order valence-electron chi connectivity index (χ2n) is 17.9. The summed E-state index contributed by atoms with van der Waals surface area (Å²) in [6, 6.07) is 0. The summed E-state index contributed by atoms with van der Waals surface area (Å²) >= 11 is 0. The van der Waals surface area contributed by atoms with Gasteiger partial charge in [0, 0.05) is 19.3 Å². The smallest absolute Gasteiger partial charge is 0.306 e.